The Bertz CT molecular complexity index is 1000. The largest absolute Gasteiger partial charge is 0.368 e. The standard InChI is InChI=1S/C14H18ClNO.C10H12N4/c15-13-8-6-12(7-9-13)14(17)16-10-11-4-2-1-3-5-11;1-14(2)9-7-5-3-4-6-8(7)12-10(11)13-9/h6-9,11H,1-5,10H2,(H,16,17);3-6H,1-2H3,(H2,11,12,13). The van der Waals surface area contributed by atoms with E-state index in [2.05, 4.69) is 15.3 Å². The average Bonchev–Trinajstić information content (AvgIpc) is 2.78. The van der Waals surface area contributed by atoms with Crippen molar-refractivity contribution in [1.29, 1.82) is 0 Å². The first-order chi connectivity index (χ1) is 14.9. The number of hydrogen-bond donors (Lipinski definition) is 2. The topological polar surface area (TPSA) is 84.1 Å². The lowest BCUT2D eigenvalue weighted by Gasteiger charge is -2.21. The van der Waals surface area contributed by atoms with E-state index in [-0.39, 0.29) is 5.91 Å². The summed E-state index contributed by atoms with van der Waals surface area (Å²) in [6.07, 6.45) is 6.46. The van der Waals surface area contributed by atoms with Crippen molar-refractivity contribution in [1.82, 2.24) is 15.3 Å². The van der Waals surface area contributed by atoms with E-state index in [0.29, 0.717) is 22.5 Å². The molecular weight excluding hydrogens is 410 g/mol. The Hall–Kier alpha value is -2.86. The molecule has 4 rings (SSSR count). The van der Waals surface area contributed by atoms with E-state index in [4.69, 9.17) is 17.3 Å². The van der Waals surface area contributed by atoms with E-state index in [1.807, 2.05) is 43.3 Å². The highest BCUT2D eigenvalue weighted by molar-refractivity contribution is 6.30. The van der Waals surface area contributed by atoms with E-state index >= 15 is 0 Å². The van der Waals surface area contributed by atoms with Gasteiger partial charge in [0.1, 0.15) is 5.82 Å². The van der Waals surface area contributed by atoms with Gasteiger partial charge in [0.25, 0.3) is 5.91 Å². The zero-order chi connectivity index (χ0) is 22.2. The number of nitrogens with zero attached hydrogens (tertiary/aromatic N) is 3. The summed E-state index contributed by atoms with van der Waals surface area (Å²) in [5.74, 6) is 1.84. The quantitative estimate of drug-likeness (QED) is 0.602. The molecule has 0 aliphatic heterocycles. The van der Waals surface area contributed by atoms with Crippen molar-refractivity contribution in [3.63, 3.8) is 0 Å². The first-order valence-corrected chi connectivity index (χ1v) is 11.0. The monoisotopic (exact) mass is 439 g/mol. The van der Waals surface area contributed by atoms with Crippen molar-refractivity contribution in [2.75, 3.05) is 31.3 Å². The Balaban J connectivity index is 0.000000179. The van der Waals surface area contributed by atoms with Crippen molar-refractivity contribution < 1.29 is 4.79 Å². The predicted molar refractivity (Wildman–Crippen MR) is 129 cm³/mol. The lowest BCUT2D eigenvalue weighted by atomic mass is 9.89. The normalized spacial score (nSPS) is 13.9. The number of amides is 1. The molecule has 1 amide bonds. The molecule has 0 bridgehead atoms. The summed E-state index contributed by atoms with van der Waals surface area (Å²) in [4.78, 5) is 22.1. The molecule has 1 heterocycles. The fraction of sp³-hybridized carbons (Fsp3) is 0.375. The first-order valence-electron chi connectivity index (χ1n) is 10.7. The number of carbonyl (C=O) groups is 1. The number of fused-ring (bicyclic) bond motifs is 1. The summed E-state index contributed by atoms with van der Waals surface area (Å²) in [7, 11) is 3.88. The molecule has 1 saturated carbocycles. The number of benzene rings is 2. The molecule has 0 atom stereocenters. The summed E-state index contributed by atoms with van der Waals surface area (Å²) in [6, 6.07) is 14.8. The Morgan fingerprint density at radius 3 is 2.42 bits per heavy atom. The smallest absolute Gasteiger partial charge is 0.251 e. The molecule has 0 unspecified atom stereocenters. The summed E-state index contributed by atoms with van der Waals surface area (Å²) in [6.45, 7) is 0.807. The Morgan fingerprint density at radius 1 is 1.06 bits per heavy atom. The van der Waals surface area contributed by atoms with Crippen molar-refractivity contribution in [2.45, 2.75) is 32.1 Å². The molecule has 3 aromatic rings. The number of para-hydroxylation sites is 1. The van der Waals surface area contributed by atoms with E-state index in [1.165, 1.54) is 32.1 Å². The summed E-state index contributed by atoms with van der Waals surface area (Å²) >= 11 is 5.78. The van der Waals surface area contributed by atoms with Crippen molar-refractivity contribution in [3.8, 4) is 0 Å². The molecule has 0 spiro atoms. The fourth-order valence-electron chi connectivity index (χ4n) is 3.75. The molecule has 1 aromatic heterocycles. The number of hydrogen-bond acceptors (Lipinski definition) is 5. The highest BCUT2D eigenvalue weighted by Gasteiger charge is 2.14. The first kappa shape index (κ1) is 22.8. The zero-order valence-corrected chi connectivity index (χ0v) is 18.9. The van der Waals surface area contributed by atoms with Crippen LogP contribution >= 0.6 is 11.6 Å². The molecule has 7 heteroatoms. The van der Waals surface area contributed by atoms with Crippen LogP contribution in [-0.2, 0) is 0 Å². The van der Waals surface area contributed by atoms with Gasteiger partial charge >= 0.3 is 0 Å². The number of carbonyl (C=O) groups excluding carboxylic acids is 1. The minimum atomic E-state index is 0.00670. The van der Waals surface area contributed by atoms with Crippen LogP contribution in [0.15, 0.2) is 48.5 Å². The van der Waals surface area contributed by atoms with Crippen LogP contribution in [-0.4, -0.2) is 36.5 Å². The Kier molecular flexibility index (Phi) is 8.06. The number of halogens is 1. The Labute approximate surface area is 188 Å². The minimum absolute atomic E-state index is 0.00670. The van der Waals surface area contributed by atoms with E-state index in [0.717, 1.165) is 23.3 Å². The third-order valence-corrected chi connectivity index (χ3v) is 5.66. The second-order valence-electron chi connectivity index (χ2n) is 8.04. The second-order valence-corrected chi connectivity index (χ2v) is 8.47. The lowest BCUT2D eigenvalue weighted by Crippen LogP contribution is -2.30. The van der Waals surface area contributed by atoms with Crippen molar-refractivity contribution in [2.24, 2.45) is 5.92 Å². The number of nitrogens with two attached hydrogens (primary N) is 1. The number of nitrogen functional groups attached to an aromatic ring is 1. The van der Waals surface area contributed by atoms with Crippen LogP contribution in [0.4, 0.5) is 11.8 Å². The number of nitrogens with one attached hydrogen (secondary N) is 1. The molecule has 164 valence electrons. The van der Waals surface area contributed by atoms with Gasteiger partial charge in [0.2, 0.25) is 5.95 Å². The summed E-state index contributed by atoms with van der Waals surface area (Å²) in [5, 5.41) is 4.69. The second kappa shape index (κ2) is 11.0. The summed E-state index contributed by atoms with van der Waals surface area (Å²) in [5.41, 5.74) is 7.18. The maximum Gasteiger partial charge on any atom is 0.251 e. The van der Waals surface area contributed by atoms with Gasteiger partial charge in [0, 0.05) is 36.6 Å². The molecule has 31 heavy (non-hydrogen) atoms. The van der Waals surface area contributed by atoms with Crippen LogP contribution in [0, 0.1) is 5.92 Å². The molecule has 0 saturated heterocycles. The van der Waals surface area contributed by atoms with E-state index < -0.39 is 0 Å². The van der Waals surface area contributed by atoms with Crippen LogP contribution < -0.4 is 16.0 Å². The fourth-order valence-corrected chi connectivity index (χ4v) is 3.88. The van der Waals surface area contributed by atoms with Crippen LogP contribution in [0.2, 0.25) is 5.02 Å². The third-order valence-electron chi connectivity index (χ3n) is 5.41. The van der Waals surface area contributed by atoms with Crippen LogP contribution in [0.1, 0.15) is 42.5 Å². The molecule has 1 aliphatic rings. The van der Waals surface area contributed by atoms with Gasteiger partial charge < -0.3 is 16.0 Å². The number of anilines is 2. The Morgan fingerprint density at radius 2 is 1.74 bits per heavy atom. The van der Waals surface area contributed by atoms with Gasteiger partial charge in [-0.3, -0.25) is 4.79 Å². The predicted octanol–water partition coefficient (Wildman–Crippen LogP) is 4.93. The molecule has 2 aromatic carbocycles. The maximum atomic E-state index is 11.8. The van der Waals surface area contributed by atoms with Gasteiger partial charge in [-0.1, -0.05) is 43.0 Å². The highest BCUT2D eigenvalue weighted by atomic mass is 35.5. The van der Waals surface area contributed by atoms with E-state index in [1.54, 1.807) is 24.3 Å². The SMILES string of the molecule is CN(C)c1nc(N)nc2ccccc12.O=C(NCC1CCCCC1)c1ccc(Cl)cc1. The van der Waals surface area contributed by atoms with Gasteiger partial charge in [0.05, 0.1) is 5.52 Å². The van der Waals surface area contributed by atoms with Crippen LogP contribution in [0.3, 0.4) is 0 Å². The molecule has 1 aliphatic carbocycles. The summed E-state index contributed by atoms with van der Waals surface area (Å²) < 4.78 is 0. The molecule has 3 N–H and O–H groups in total. The van der Waals surface area contributed by atoms with Crippen molar-refractivity contribution in [3.05, 3.63) is 59.1 Å². The van der Waals surface area contributed by atoms with Gasteiger partial charge in [-0.15, -0.1) is 0 Å². The molecular formula is C24H30ClN5O. The minimum Gasteiger partial charge on any atom is -0.368 e. The lowest BCUT2D eigenvalue weighted by molar-refractivity contribution is 0.0943. The van der Waals surface area contributed by atoms with Crippen LogP contribution in [0.5, 0.6) is 0 Å². The number of aromatic nitrogens is 2. The highest BCUT2D eigenvalue weighted by Crippen LogP contribution is 2.23. The molecule has 0 radical (unpaired) electrons. The van der Waals surface area contributed by atoms with Gasteiger partial charge in [-0.05, 0) is 55.2 Å². The van der Waals surface area contributed by atoms with Crippen molar-refractivity contribution >= 4 is 40.2 Å². The van der Waals surface area contributed by atoms with Crippen LogP contribution in [0.25, 0.3) is 10.9 Å². The van der Waals surface area contributed by atoms with Gasteiger partial charge in [0.15, 0.2) is 0 Å². The maximum absolute atomic E-state index is 11.8. The zero-order valence-electron chi connectivity index (χ0n) is 18.1. The van der Waals surface area contributed by atoms with Gasteiger partial charge in [-0.2, -0.15) is 4.98 Å². The third kappa shape index (κ3) is 6.56. The average molecular weight is 440 g/mol. The molecule has 6 nitrogen and oxygen atoms in total. The number of rotatable bonds is 4. The van der Waals surface area contributed by atoms with E-state index in [9.17, 15) is 4.79 Å². The van der Waals surface area contributed by atoms with Gasteiger partial charge in [-0.25, -0.2) is 4.98 Å². The molecule has 1 fully saturated rings.